The summed E-state index contributed by atoms with van der Waals surface area (Å²) < 4.78 is 4.97. The number of hydrogen-bond acceptors (Lipinski definition) is 5. The summed E-state index contributed by atoms with van der Waals surface area (Å²) in [6.07, 6.45) is -0.332. The third-order valence-electron chi connectivity index (χ3n) is 3.85. The quantitative estimate of drug-likeness (QED) is 0.894. The molecule has 2 aromatic rings. The number of urea groups is 1. The minimum Gasteiger partial charge on any atom is -0.450 e. The lowest BCUT2D eigenvalue weighted by molar-refractivity contribution is 0.0869. The molecule has 0 radical (unpaired) electrons. The van der Waals surface area contributed by atoms with Crippen LogP contribution in [0.1, 0.15) is 6.92 Å². The van der Waals surface area contributed by atoms with Gasteiger partial charge in [-0.3, -0.25) is 0 Å². The van der Waals surface area contributed by atoms with E-state index in [1.807, 2.05) is 12.1 Å². The van der Waals surface area contributed by atoms with E-state index in [9.17, 15) is 9.59 Å². The number of piperazine rings is 1. The molecule has 0 aliphatic carbocycles. The van der Waals surface area contributed by atoms with Crippen molar-refractivity contribution in [1.29, 1.82) is 0 Å². The molecule has 1 aliphatic rings. The maximum atomic E-state index is 12.4. The van der Waals surface area contributed by atoms with Crippen molar-refractivity contribution in [1.82, 2.24) is 24.8 Å². The van der Waals surface area contributed by atoms with Crippen LogP contribution in [0.3, 0.4) is 0 Å². The minimum atomic E-state index is -0.332. The van der Waals surface area contributed by atoms with Crippen LogP contribution in [-0.2, 0) is 11.8 Å². The number of benzene rings is 1. The van der Waals surface area contributed by atoms with Crippen molar-refractivity contribution in [3.8, 4) is 0 Å². The molecule has 0 unspecified atom stereocenters. The van der Waals surface area contributed by atoms with Gasteiger partial charge in [-0.05, 0) is 19.1 Å². The van der Waals surface area contributed by atoms with Crippen molar-refractivity contribution < 1.29 is 14.3 Å². The summed E-state index contributed by atoms with van der Waals surface area (Å²) in [5, 5.41) is 11.4. The van der Waals surface area contributed by atoms with Gasteiger partial charge in [-0.25, -0.2) is 9.59 Å². The van der Waals surface area contributed by atoms with Crippen LogP contribution in [-0.4, -0.2) is 69.7 Å². The first-order valence-electron chi connectivity index (χ1n) is 7.86. The Morgan fingerprint density at radius 3 is 2.58 bits per heavy atom. The molecule has 1 aromatic heterocycles. The highest BCUT2D eigenvalue weighted by Gasteiger charge is 2.25. The number of nitrogens with zero attached hydrogens (tertiary/aromatic N) is 5. The average Bonchev–Trinajstić information content (AvgIpc) is 2.96. The van der Waals surface area contributed by atoms with Crippen LogP contribution in [0.2, 0.25) is 0 Å². The van der Waals surface area contributed by atoms with Gasteiger partial charge in [-0.2, -0.15) is 15.0 Å². The van der Waals surface area contributed by atoms with Crippen molar-refractivity contribution in [2.24, 2.45) is 7.05 Å². The number of amides is 3. The fourth-order valence-corrected chi connectivity index (χ4v) is 2.64. The lowest BCUT2D eigenvalue weighted by Gasteiger charge is -2.33. The summed E-state index contributed by atoms with van der Waals surface area (Å²) in [4.78, 5) is 28.9. The van der Waals surface area contributed by atoms with Crippen molar-refractivity contribution in [3.63, 3.8) is 0 Å². The van der Waals surface area contributed by atoms with E-state index in [4.69, 9.17) is 4.74 Å². The number of anilines is 1. The number of rotatable bonds is 2. The van der Waals surface area contributed by atoms with Gasteiger partial charge in [-0.1, -0.05) is 6.07 Å². The molecule has 1 N–H and O–H groups in total. The molecule has 0 spiro atoms. The number of ether oxygens (including phenoxy) is 1. The summed E-state index contributed by atoms with van der Waals surface area (Å²) in [6, 6.07) is 5.25. The van der Waals surface area contributed by atoms with E-state index in [1.54, 1.807) is 29.8 Å². The van der Waals surface area contributed by atoms with Gasteiger partial charge in [0, 0.05) is 33.2 Å². The molecule has 1 saturated heterocycles. The van der Waals surface area contributed by atoms with Gasteiger partial charge in [0.05, 0.1) is 12.3 Å². The van der Waals surface area contributed by atoms with Crippen LogP contribution >= 0.6 is 0 Å². The maximum absolute atomic E-state index is 12.4. The Labute approximate surface area is 139 Å². The summed E-state index contributed by atoms with van der Waals surface area (Å²) in [7, 11) is 1.74. The van der Waals surface area contributed by atoms with Gasteiger partial charge in [0.25, 0.3) is 0 Å². The predicted octanol–water partition coefficient (Wildman–Crippen LogP) is 1.27. The van der Waals surface area contributed by atoms with Gasteiger partial charge in [0.2, 0.25) is 0 Å². The molecule has 3 rings (SSSR count). The molecule has 0 atom stereocenters. The molecule has 0 saturated carbocycles. The van der Waals surface area contributed by atoms with Gasteiger partial charge < -0.3 is 19.9 Å². The van der Waals surface area contributed by atoms with Crippen LogP contribution in [0, 0.1) is 0 Å². The summed E-state index contributed by atoms with van der Waals surface area (Å²) in [5.74, 6) is 0. The highest BCUT2D eigenvalue weighted by atomic mass is 16.6. The first-order chi connectivity index (χ1) is 11.6. The fourth-order valence-electron chi connectivity index (χ4n) is 2.64. The Balaban J connectivity index is 1.62. The molecule has 3 amide bonds. The minimum absolute atomic E-state index is 0.211. The smallest absolute Gasteiger partial charge is 0.409 e. The topological polar surface area (TPSA) is 92.6 Å². The van der Waals surface area contributed by atoms with Crippen molar-refractivity contribution >= 4 is 28.8 Å². The standard InChI is InChI=1S/C15H20N6O3/c1-3-24-15(23)21-9-7-20(8-10-21)14(22)16-11-5-4-6-12-13(11)18-19(2)17-12/h4-6H,3,7-10H2,1-2H3,(H,16,22). The average molecular weight is 332 g/mol. The predicted molar refractivity (Wildman–Crippen MR) is 87.7 cm³/mol. The monoisotopic (exact) mass is 332 g/mol. The molecule has 2 heterocycles. The molecule has 9 heteroatoms. The lowest BCUT2D eigenvalue weighted by Crippen LogP contribution is -2.51. The molecular formula is C15H20N6O3. The number of nitrogens with one attached hydrogen (secondary N) is 1. The van der Waals surface area contributed by atoms with Gasteiger partial charge in [0.1, 0.15) is 11.0 Å². The molecule has 1 fully saturated rings. The zero-order chi connectivity index (χ0) is 17.1. The molecule has 24 heavy (non-hydrogen) atoms. The number of aromatic nitrogens is 3. The van der Waals surface area contributed by atoms with Gasteiger partial charge in [-0.15, -0.1) is 0 Å². The van der Waals surface area contributed by atoms with Crippen molar-refractivity contribution in [3.05, 3.63) is 18.2 Å². The van der Waals surface area contributed by atoms with Crippen LogP contribution < -0.4 is 5.32 Å². The van der Waals surface area contributed by atoms with E-state index < -0.39 is 0 Å². The first kappa shape index (κ1) is 16.0. The number of aryl methyl sites for hydroxylation is 1. The van der Waals surface area contributed by atoms with Gasteiger partial charge >= 0.3 is 12.1 Å². The molecule has 0 bridgehead atoms. The fraction of sp³-hybridized carbons (Fsp3) is 0.467. The van der Waals surface area contributed by atoms with Crippen LogP contribution in [0.5, 0.6) is 0 Å². The van der Waals surface area contributed by atoms with E-state index in [0.29, 0.717) is 44.0 Å². The molecule has 128 valence electrons. The number of carbonyl (C=O) groups is 2. The van der Waals surface area contributed by atoms with E-state index in [-0.39, 0.29) is 12.1 Å². The zero-order valence-corrected chi connectivity index (χ0v) is 13.7. The highest BCUT2D eigenvalue weighted by Crippen LogP contribution is 2.20. The second-order valence-corrected chi connectivity index (χ2v) is 5.47. The van der Waals surface area contributed by atoms with E-state index in [1.165, 1.54) is 4.80 Å². The number of fused-ring (bicyclic) bond motifs is 1. The first-order valence-corrected chi connectivity index (χ1v) is 7.86. The largest absolute Gasteiger partial charge is 0.450 e. The Hall–Kier alpha value is -2.84. The van der Waals surface area contributed by atoms with Crippen LogP contribution in [0.15, 0.2) is 18.2 Å². The molecule has 1 aromatic carbocycles. The van der Waals surface area contributed by atoms with Crippen LogP contribution in [0.25, 0.3) is 11.0 Å². The SMILES string of the molecule is CCOC(=O)N1CCN(C(=O)Nc2cccc3nn(C)nc23)CC1. The number of carbonyl (C=O) groups excluding carboxylic acids is 2. The third-order valence-corrected chi connectivity index (χ3v) is 3.85. The normalized spacial score (nSPS) is 14.8. The van der Waals surface area contributed by atoms with Crippen LogP contribution in [0.4, 0.5) is 15.3 Å². The molecule has 1 aliphatic heterocycles. The Kier molecular flexibility index (Phi) is 4.50. The summed E-state index contributed by atoms with van der Waals surface area (Å²) >= 11 is 0. The van der Waals surface area contributed by atoms with E-state index in [2.05, 4.69) is 15.5 Å². The van der Waals surface area contributed by atoms with Gasteiger partial charge in [0.15, 0.2) is 0 Å². The van der Waals surface area contributed by atoms with Crippen molar-refractivity contribution in [2.75, 3.05) is 38.1 Å². The van der Waals surface area contributed by atoms with E-state index in [0.717, 1.165) is 5.52 Å². The highest BCUT2D eigenvalue weighted by molar-refractivity contribution is 5.98. The summed E-state index contributed by atoms with van der Waals surface area (Å²) in [6.45, 7) is 3.96. The second-order valence-electron chi connectivity index (χ2n) is 5.47. The Morgan fingerprint density at radius 1 is 1.17 bits per heavy atom. The second kappa shape index (κ2) is 6.73. The van der Waals surface area contributed by atoms with E-state index >= 15 is 0 Å². The molecular weight excluding hydrogens is 312 g/mol. The third kappa shape index (κ3) is 3.24. The van der Waals surface area contributed by atoms with Crippen molar-refractivity contribution in [2.45, 2.75) is 6.92 Å². The lowest BCUT2D eigenvalue weighted by atomic mass is 10.2. The molecule has 9 nitrogen and oxygen atoms in total. The Morgan fingerprint density at radius 2 is 1.88 bits per heavy atom. The summed E-state index contributed by atoms with van der Waals surface area (Å²) in [5.41, 5.74) is 2.00. The Bertz CT molecular complexity index is 751. The maximum Gasteiger partial charge on any atom is 0.409 e. The number of hydrogen-bond donors (Lipinski definition) is 1. The zero-order valence-electron chi connectivity index (χ0n) is 13.7.